The van der Waals surface area contributed by atoms with Crippen LogP contribution < -0.4 is 15.4 Å². The highest BCUT2D eigenvalue weighted by Crippen LogP contribution is 2.43. The zero-order chi connectivity index (χ0) is 20.3. The minimum atomic E-state index is -0.140. The average Bonchev–Trinajstić information content (AvgIpc) is 3.51. The first kappa shape index (κ1) is 20.0. The van der Waals surface area contributed by atoms with Gasteiger partial charge in [0.05, 0.1) is 0 Å². The summed E-state index contributed by atoms with van der Waals surface area (Å²) in [5.74, 6) is 0.630. The molecule has 2 aromatic carbocycles. The van der Waals surface area contributed by atoms with Crippen LogP contribution in [0.15, 0.2) is 53.0 Å². The van der Waals surface area contributed by atoms with E-state index in [1.54, 1.807) is 12.1 Å². The molecule has 2 saturated carbocycles. The van der Waals surface area contributed by atoms with Crippen molar-refractivity contribution in [3.63, 3.8) is 0 Å². The van der Waals surface area contributed by atoms with E-state index >= 15 is 0 Å². The van der Waals surface area contributed by atoms with Crippen LogP contribution in [0.1, 0.15) is 37.7 Å². The molecule has 4 rings (SSSR count). The number of anilines is 1. The Morgan fingerprint density at radius 2 is 1.90 bits per heavy atom. The molecule has 6 heteroatoms. The Kier molecular flexibility index (Phi) is 5.90. The lowest BCUT2D eigenvalue weighted by Crippen LogP contribution is -2.46. The Morgan fingerprint density at radius 1 is 1.10 bits per heavy atom. The first-order chi connectivity index (χ1) is 14.0. The van der Waals surface area contributed by atoms with E-state index in [4.69, 9.17) is 4.74 Å². The topological polar surface area (TPSA) is 67.4 Å². The van der Waals surface area contributed by atoms with Gasteiger partial charge in [0, 0.05) is 34.1 Å². The van der Waals surface area contributed by atoms with Crippen molar-refractivity contribution in [2.75, 3.05) is 18.5 Å². The zero-order valence-electron chi connectivity index (χ0n) is 16.2. The first-order valence-corrected chi connectivity index (χ1v) is 10.9. The Morgan fingerprint density at radius 3 is 2.59 bits per heavy atom. The number of rotatable bonds is 8. The van der Waals surface area contributed by atoms with Crippen LogP contribution in [0, 0.1) is 5.92 Å². The van der Waals surface area contributed by atoms with Gasteiger partial charge in [-0.3, -0.25) is 9.59 Å². The molecule has 0 atom stereocenters. The van der Waals surface area contributed by atoms with Gasteiger partial charge < -0.3 is 15.4 Å². The Labute approximate surface area is 179 Å². The largest absolute Gasteiger partial charge is 0.484 e. The molecule has 0 aromatic heterocycles. The molecule has 2 aromatic rings. The maximum absolute atomic E-state index is 12.3. The van der Waals surface area contributed by atoms with Crippen LogP contribution in [0.2, 0.25) is 0 Å². The predicted molar refractivity (Wildman–Crippen MR) is 116 cm³/mol. The molecule has 2 amide bonds. The van der Waals surface area contributed by atoms with E-state index in [0.29, 0.717) is 18.0 Å². The summed E-state index contributed by atoms with van der Waals surface area (Å²) in [6.45, 7) is 0.567. The van der Waals surface area contributed by atoms with Crippen LogP contribution in [0.3, 0.4) is 0 Å². The minimum Gasteiger partial charge on any atom is -0.484 e. The number of carbonyl (C=O) groups excluding carboxylic acids is 2. The predicted octanol–water partition coefficient (Wildman–Crippen LogP) is 4.41. The minimum absolute atomic E-state index is 0.0203. The molecule has 0 radical (unpaired) electrons. The monoisotopic (exact) mass is 456 g/mol. The highest BCUT2D eigenvalue weighted by atomic mass is 79.9. The van der Waals surface area contributed by atoms with Crippen molar-refractivity contribution in [2.45, 2.75) is 37.5 Å². The molecule has 152 valence electrons. The van der Waals surface area contributed by atoms with Crippen LogP contribution in [-0.2, 0) is 15.0 Å². The summed E-state index contributed by atoms with van der Waals surface area (Å²) in [6, 6.07) is 15.5. The fourth-order valence-corrected chi connectivity index (χ4v) is 4.11. The molecule has 0 aliphatic heterocycles. The van der Waals surface area contributed by atoms with Crippen LogP contribution in [-0.4, -0.2) is 25.0 Å². The molecule has 2 fully saturated rings. The number of amides is 2. The Hall–Kier alpha value is -2.34. The molecule has 2 aliphatic carbocycles. The fourth-order valence-electron chi connectivity index (χ4n) is 3.71. The SMILES string of the molecule is O=C(COc1cccc(NC(=O)C2CC2)c1)NCC1(c2cccc(Br)c2)CCC1. The van der Waals surface area contributed by atoms with E-state index in [-0.39, 0.29) is 29.8 Å². The van der Waals surface area contributed by atoms with E-state index in [1.807, 2.05) is 24.3 Å². The van der Waals surface area contributed by atoms with Crippen LogP contribution in [0.5, 0.6) is 5.75 Å². The van der Waals surface area contributed by atoms with Gasteiger partial charge in [0.2, 0.25) is 5.91 Å². The normalized spacial score (nSPS) is 17.1. The van der Waals surface area contributed by atoms with Gasteiger partial charge in [-0.05, 0) is 55.5 Å². The van der Waals surface area contributed by atoms with Crippen molar-refractivity contribution in [1.82, 2.24) is 5.32 Å². The summed E-state index contributed by atoms with van der Waals surface area (Å²) in [5.41, 5.74) is 1.98. The molecule has 0 spiro atoms. The standard InChI is InChI=1S/C23H25BrN2O3/c24-18-5-1-4-17(12-18)23(10-3-11-23)15-25-21(27)14-29-20-7-2-6-19(13-20)26-22(28)16-8-9-16/h1-2,4-7,12-13,16H,3,8-11,14-15H2,(H,25,27)(H,26,28). The second-order valence-electron chi connectivity index (χ2n) is 8.00. The summed E-state index contributed by atoms with van der Waals surface area (Å²) in [4.78, 5) is 24.2. The van der Waals surface area contributed by atoms with Crippen molar-refractivity contribution < 1.29 is 14.3 Å². The van der Waals surface area contributed by atoms with Gasteiger partial charge in [-0.15, -0.1) is 0 Å². The quantitative estimate of drug-likeness (QED) is 0.617. The zero-order valence-corrected chi connectivity index (χ0v) is 17.8. The number of hydrogen-bond donors (Lipinski definition) is 2. The smallest absolute Gasteiger partial charge is 0.257 e. The van der Waals surface area contributed by atoms with E-state index in [2.05, 4.69) is 38.7 Å². The summed E-state index contributed by atoms with van der Waals surface area (Å²) >= 11 is 3.54. The number of ether oxygens (including phenoxy) is 1. The molecule has 0 unspecified atom stereocenters. The highest BCUT2D eigenvalue weighted by Gasteiger charge is 2.39. The van der Waals surface area contributed by atoms with Gasteiger partial charge in [-0.1, -0.05) is 40.5 Å². The van der Waals surface area contributed by atoms with Crippen molar-refractivity contribution >= 4 is 33.4 Å². The van der Waals surface area contributed by atoms with E-state index in [0.717, 1.165) is 30.2 Å². The van der Waals surface area contributed by atoms with Gasteiger partial charge in [0.25, 0.3) is 5.91 Å². The maximum atomic E-state index is 12.3. The molecule has 0 saturated heterocycles. The highest BCUT2D eigenvalue weighted by molar-refractivity contribution is 9.10. The van der Waals surface area contributed by atoms with Gasteiger partial charge in [-0.25, -0.2) is 0 Å². The van der Waals surface area contributed by atoms with Crippen molar-refractivity contribution in [2.24, 2.45) is 5.92 Å². The molecule has 0 bridgehead atoms. The number of nitrogens with one attached hydrogen (secondary N) is 2. The fraction of sp³-hybridized carbons (Fsp3) is 0.391. The molecule has 5 nitrogen and oxygen atoms in total. The summed E-state index contributed by atoms with van der Waals surface area (Å²) in [6.07, 6.45) is 5.26. The molecular formula is C23H25BrN2O3. The maximum Gasteiger partial charge on any atom is 0.257 e. The number of benzene rings is 2. The third-order valence-electron chi connectivity index (χ3n) is 5.79. The molecular weight excluding hydrogens is 432 g/mol. The lowest BCUT2D eigenvalue weighted by atomic mass is 9.64. The van der Waals surface area contributed by atoms with Crippen LogP contribution >= 0.6 is 15.9 Å². The van der Waals surface area contributed by atoms with Gasteiger partial charge in [-0.2, -0.15) is 0 Å². The Balaban J connectivity index is 1.28. The van der Waals surface area contributed by atoms with Crippen molar-refractivity contribution in [3.05, 3.63) is 58.6 Å². The van der Waals surface area contributed by atoms with E-state index in [1.165, 1.54) is 12.0 Å². The van der Waals surface area contributed by atoms with Crippen LogP contribution in [0.25, 0.3) is 0 Å². The second kappa shape index (κ2) is 8.57. The molecule has 2 N–H and O–H groups in total. The van der Waals surface area contributed by atoms with Gasteiger partial charge in [0.15, 0.2) is 6.61 Å². The third-order valence-corrected chi connectivity index (χ3v) is 6.28. The number of halogens is 1. The van der Waals surface area contributed by atoms with Crippen molar-refractivity contribution in [3.8, 4) is 5.75 Å². The Bertz CT molecular complexity index is 907. The van der Waals surface area contributed by atoms with Crippen molar-refractivity contribution in [1.29, 1.82) is 0 Å². The molecule has 2 aliphatic rings. The second-order valence-corrected chi connectivity index (χ2v) is 8.92. The summed E-state index contributed by atoms with van der Waals surface area (Å²) in [7, 11) is 0. The molecule has 0 heterocycles. The van der Waals surface area contributed by atoms with E-state index in [9.17, 15) is 9.59 Å². The number of carbonyl (C=O) groups is 2. The van der Waals surface area contributed by atoms with Gasteiger partial charge >= 0.3 is 0 Å². The molecule has 29 heavy (non-hydrogen) atoms. The third kappa shape index (κ3) is 4.99. The summed E-state index contributed by atoms with van der Waals surface area (Å²) in [5, 5.41) is 5.93. The lowest BCUT2D eigenvalue weighted by molar-refractivity contribution is -0.123. The first-order valence-electron chi connectivity index (χ1n) is 10.1. The van der Waals surface area contributed by atoms with Gasteiger partial charge in [0.1, 0.15) is 5.75 Å². The summed E-state index contributed by atoms with van der Waals surface area (Å²) < 4.78 is 6.70. The lowest BCUT2D eigenvalue weighted by Gasteiger charge is -2.42. The van der Waals surface area contributed by atoms with Crippen LogP contribution in [0.4, 0.5) is 5.69 Å². The number of hydrogen-bond acceptors (Lipinski definition) is 3. The average molecular weight is 457 g/mol. The van der Waals surface area contributed by atoms with E-state index < -0.39 is 0 Å².